The van der Waals surface area contributed by atoms with Crippen LogP contribution in [0.1, 0.15) is 18.4 Å². The smallest absolute Gasteiger partial charge is 0.368 e. The highest BCUT2D eigenvalue weighted by Gasteiger charge is 2.32. The van der Waals surface area contributed by atoms with Crippen LogP contribution in [0.5, 0.6) is 0 Å². The van der Waals surface area contributed by atoms with Gasteiger partial charge >= 0.3 is 6.18 Å². The average Bonchev–Trinajstić information content (AvgIpc) is 3.17. The standard InChI is InChI=1S/C18H21ClF3N3O3/c19-13-4-3-12(18(20,21)22)10-14(13)23-16(26)11-24-5-7-25(8-6-24)17(27)15-2-1-9-28-15/h3-4,10,15H,1-2,5-9,11H2,(H,23,26)/t15-/m1/s1. The zero-order valence-electron chi connectivity index (χ0n) is 15.1. The lowest BCUT2D eigenvalue weighted by Gasteiger charge is -2.35. The van der Waals surface area contributed by atoms with Gasteiger partial charge in [0.25, 0.3) is 5.91 Å². The summed E-state index contributed by atoms with van der Waals surface area (Å²) < 4.78 is 43.9. The number of alkyl halides is 3. The van der Waals surface area contributed by atoms with E-state index in [1.54, 1.807) is 4.90 Å². The number of ether oxygens (including phenoxy) is 1. The Morgan fingerprint density at radius 3 is 2.54 bits per heavy atom. The normalized spacial score (nSPS) is 21.0. The van der Waals surface area contributed by atoms with Crippen LogP contribution in [0.15, 0.2) is 18.2 Å². The lowest BCUT2D eigenvalue weighted by molar-refractivity contribution is -0.142. The number of piperazine rings is 1. The van der Waals surface area contributed by atoms with E-state index in [0.29, 0.717) is 32.8 Å². The second-order valence-electron chi connectivity index (χ2n) is 6.84. The molecule has 0 saturated carbocycles. The molecule has 1 N–H and O–H groups in total. The number of nitrogens with one attached hydrogen (secondary N) is 1. The SMILES string of the molecule is O=C(CN1CCN(C(=O)[C@H]2CCCO2)CC1)Nc1cc(C(F)(F)F)ccc1Cl. The molecule has 2 saturated heterocycles. The number of hydrogen-bond acceptors (Lipinski definition) is 4. The molecule has 0 aromatic heterocycles. The number of hydrogen-bond donors (Lipinski definition) is 1. The highest BCUT2D eigenvalue weighted by molar-refractivity contribution is 6.33. The maximum absolute atomic E-state index is 12.8. The number of carbonyl (C=O) groups is 2. The van der Waals surface area contributed by atoms with Gasteiger partial charge in [-0.3, -0.25) is 14.5 Å². The summed E-state index contributed by atoms with van der Waals surface area (Å²) in [4.78, 5) is 28.1. The van der Waals surface area contributed by atoms with Crippen LogP contribution in [-0.4, -0.2) is 67.0 Å². The molecule has 1 aromatic carbocycles. The quantitative estimate of drug-likeness (QED) is 0.815. The van der Waals surface area contributed by atoms with E-state index in [1.807, 2.05) is 4.90 Å². The summed E-state index contributed by atoms with van der Waals surface area (Å²) in [7, 11) is 0. The number of amides is 2. The Morgan fingerprint density at radius 2 is 1.93 bits per heavy atom. The molecule has 0 aliphatic carbocycles. The third-order valence-corrected chi connectivity index (χ3v) is 5.15. The molecule has 2 aliphatic rings. The van der Waals surface area contributed by atoms with Crippen LogP contribution in [0.3, 0.4) is 0 Å². The number of nitrogens with zero attached hydrogens (tertiary/aromatic N) is 2. The summed E-state index contributed by atoms with van der Waals surface area (Å²) >= 11 is 5.90. The first-order valence-electron chi connectivity index (χ1n) is 9.03. The Labute approximate surface area is 165 Å². The van der Waals surface area contributed by atoms with Gasteiger partial charge in [0.15, 0.2) is 0 Å². The van der Waals surface area contributed by atoms with Gasteiger partial charge < -0.3 is 15.0 Å². The largest absolute Gasteiger partial charge is 0.416 e. The summed E-state index contributed by atoms with van der Waals surface area (Å²) in [5.74, 6) is -0.475. The van der Waals surface area contributed by atoms with E-state index < -0.39 is 17.6 Å². The second kappa shape index (κ2) is 8.67. The zero-order chi connectivity index (χ0) is 20.3. The number of halogens is 4. The zero-order valence-corrected chi connectivity index (χ0v) is 15.9. The maximum Gasteiger partial charge on any atom is 0.416 e. The molecule has 0 spiro atoms. The van der Waals surface area contributed by atoms with Crippen LogP contribution >= 0.6 is 11.6 Å². The molecule has 0 radical (unpaired) electrons. The maximum atomic E-state index is 12.8. The first-order chi connectivity index (χ1) is 13.2. The summed E-state index contributed by atoms with van der Waals surface area (Å²) in [6.45, 7) is 2.58. The van der Waals surface area contributed by atoms with Crippen LogP contribution in [-0.2, 0) is 20.5 Å². The molecule has 2 aliphatic heterocycles. The molecule has 0 bridgehead atoms. The summed E-state index contributed by atoms with van der Waals surface area (Å²) in [6, 6.07) is 2.79. The van der Waals surface area contributed by atoms with Crippen molar-refractivity contribution >= 4 is 29.1 Å². The lowest BCUT2D eigenvalue weighted by Crippen LogP contribution is -2.52. The number of carbonyl (C=O) groups excluding carboxylic acids is 2. The molecule has 6 nitrogen and oxygen atoms in total. The van der Waals surface area contributed by atoms with Gasteiger partial charge in [-0.2, -0.15) is 13.2 Å². The van der Waals surface area contributed by atoms with Crippen molar-refractivity contribution in [2.75, 3.05) is 44.6 Å². The molecule has 3 rings (SSSR count). The number of rotatable bonds is 4. The van der Waals surface area contributed by atoms with E-state index >= 15 is 0 Å². The van der Waals surface area contributed by atoms with E-state index in [2.05, 4.69) is 5.32 Å². The second-order valence-corrected chi connectivity index (χ2v) is 7.25. The minimum atomic E-state index is -4.52. The third kappa shape index (κ3) is 5.15. The molecule has 1 atom stereocenters. The summed E-state index contributed by atoms with van der Waals surface area (Å²) in [5, 5.41) is 2.47. The van der Waals surface area contributed by atoms with Crippen molar-refractivity contribution in [1.29, 1.82) is 0 Å². The summed E-state index contributed by atoms with van der Waals surface area (Å²) in [5.41, 5.74) is -0.956. The van der Waals surface area contributed by atoms with Crippen molar-refractivity contribution < 1.29 is 27.5 Å². The van der Waals surface area contributed by atoms with Gasteiger partial charge in [0.1, 0.15) is 6.10 Å². The van der Waals surface area contributed by atoms with Crippen LogP contribution in [0.2, 0.25) is 5.02 Å². The van der Waals surface area contributed by atoms with Crippen LogP contribution in [0.25, 0.3) is 0 Å². The average molecular weight is 420 g/mol. The summed E-state index contributed by atoms with van der Waals surface area (Å²) in [6.07, 6.45) is -3.26. The lowest BCUT2D eigenvalue weighted by atomic mass is 10.2. The van der Waals surface area contributed by atoms with Crippen molar-refractivity contribution in [3.05, 3.63) is 28.8 Å². The van der Waals surface area contributed by atoms with Crippen molar-refractivity contribution in [2.24, 2.45) is 0 Å². The van der Waals surface area contributed by atoms with Crippen LogP contribution < -0.4 is 5.32 Å². The molecule has 28 heavy (non-hydrogen) atoms. The number of benzene rings is 1. The van der Waals surface area contributed by atoms with Crippen molar-refractivity contribution in [1.82, 2.24) is 9.80 Å². The van der Waals surface area contributed by atoms with Crippen LogP contribution in [0, 0.1) is 0 Å². The minimum absolute atomic E-state index is 0.00847. The molecule has 2 heterocycles. The van der Waals surface area contributed by atoms with Gasteiger partial charge in [-0.15, -0.1) is 0 Å². The van der Waals surface area contributed by atoms with Gasteiger partial charge in [-0.1, -0.05) is 11.6 Å². The van der Waals surface area contributed by atoms with Crippen molar-refractivity contribution in [2.45, 2.75) is 25.1 Å². The van der Waals surface area contributed by atoms with Crippen molar-refractivity contribution in [3.63, 3.8) is 0 Å². The fraction of sp³-hybridized carbons (Fsp3) is 0.556. The highest BCUT2D eigenvalue weighted by Crippen LogP contribution is 2.33. The monoisotopic (exact) mass is 419 g/mol. The highest BCUT2D eigenvalue weighted by atomic mass is 35.5. The van der Waals surface area contributed by atoms with Gasteiger partial charge in [-0.25, -0.2) is 0 Å². The third-order valence-electron chi connectivity index (χ3n) is 4.82. The predicted octanol–water partition coefficient (Wildman–Crippen LogP) is 2.62. The van der Waals surface area contributed by atoms with Gasteiger partial charge in [0.2, 0.25) is 5.91 Å². The van der Waals surface area contributed by atoms with Gasteiger partial charge in [-0.05, 0) is 31.0 Å². The topological polar surface area (TPSA) is 61.9 Å². The van der Waals surface area contributed by atoms with E-state index in [-0.39, 0.29) is 29.3 Å². The first-order valence-corrected chi connectivity index (χ1v) is 9.41. The van der Waals surface area contributed by atoms with E-state index in [1.165, 1.54) is 0 Å². The molecule has 2 fully saturated rings. The molecular weight excluding hydrogens is 399 g/mol. The minimum Gasteiger partial charge on any atom is -0.368 e. The fourth-order valence-electron chi connectivity index (χ4n) is 3.29. The molecule has 10 heteroatoms. The Morgan fingerprint density at radius 1 is 1.21 bits per heavy atom. The first kappa shape index (κ1) is 20.9. The van der Waals surface area contributed by atoms with Crippen LogP contribution in [0.4, 0.5) is 18.9 Å². The molecule has 154 valence electrons. The van der Waals surface area contributed by atoms with E-state index in [4.69, 9.17) is 16.3 Å². The molecular formula is C18H21ClF3N3O3. The van der Waals surface area contributed by atoms with Gasteiger partial charge in [0.05, 0.1) is 22.8 Å². The Hall–Kier alpha value is -1.84. The number of anilines is 1. The Bertz CT molecular complexity index is 731. The predicted molar refractivity (Wildman–Crippen MR) is 97.1 cm³/mol. The molecule has 1 aromatic rings. The van der Waals surface area contributed by atoms with E-state index in [9.17, 15) is 22.8 Å². The Balaban J connectivity index is 1.50. The van der Waals surface area contributed by atoms with Gasteiger partial charge in [0, 0.05) is 32.8 Å². The molecule has 2 amide bonds. The van der Waals surface area contributed by atoms with E-state index in [0.717, 1.165) is 31.0 Å². The van der Waals surface area contributed by atoms with Crippen molar-refractivity contribution in [3.8, 4) is 0 Å². The fourth-order valence-corrected chi connectivity index (χ4v) is 3.46. The molecule has 0 unspecified atom stereocenters. The Kier molecular flexibility index (Phi) is 6.47.